The topological polar surface area (TPSA) is 75.4 Å². The molecule has 0 unspecified atom stereocenters. The summed E-state index contributed by atoms with van der Waals surface area (Å²) in [6.07, 6.45) is -2.32. The van der Waals surface area contributed by atoms with Crippen molar-refractivity contribution in [2.45, 2.75) is 19.1 Å². The lowest BCUT2D eigenvalue weighted by atomic mass is 10.1. The fourth-order valence-electron chi connectivity index (χ4n) is 1.06. The zero-order chi connectivity index (χ0) is 12.2. The number of carboxylic acid groups (broad SMARTS) is 1. The third kappa shape index (κ3) is 3.54. The van der Waals surface area contributed by atoms with Crippen LogP contribution < -0.4 is 5.32 Å². The van der Waals surface area contributed by atoms with Gasteiger partial charge in [-0.05, 0) is 0 Å². The van der Waals surface area contributed by atoms with Crippen LogP contribution in [-0.4, -0.2) is 29.0 Å². The number of alkyl halides is 3. The lowest BCUT2D eigenvalue weighted by molar-refractivity contribution is -0.192. The minimum atomic E-state index is -5.08. The van der Waals surface area contributed by atoms with Crippen LogP contribution in [-0.2, 0) is 17.8 Å². The first-order valence-corrected chi connectivity index (χ1v) is 4.34. The van der Waals surface area contributed by atoms with Gasteiger partial charge in [0.15, 0.2) is 0 Å². The molecule has 2 rings (SSSR count). The zero-order valence-electron chi connectivity index (χ0n) is 8.04. The molecule has 2 heterocycles. The van der Waals surface area contributed by atoms with Crippen LogP contribution in [0.1, 0.15) is 11.3 Å². The third-order valence-corrected chi connectivity index (χ3v) is 1.82. The molecule has 0 atom stereocenters. The largest absolute Gasteiger partial charge is 0.490 e. The average molecular weight is 238 g/mol. The number of hydrogen-bond acceptors (Lipinski definition) is 4. The van der Waals surface area contributed by atoms with Crippen LogP contribution in [0.15, 0.2) is 10.7 Å². The molecule has 0 amide bonds. The maximum Gasteiger partial charge on any atom is 0.490 e. The first-order chi connectivity index (χ1) is 7.41. The van der Waals surface area contributed by atoms with Gasteiger partial charge in [-0.1, -0.05) is 5.16 Å². The van der Waals surface area contributed by atoms with Crippen molar-refractivity contribution >= 4 is 5.97 Å². The highest BCUT2D eigenvalue weighted by Gasteiger charge is 2.38. The Bertz CT molecular complexity index is 341. The first-order valence-electron chi connectivity index (χ1n) is 4.34. The first kappa shape index (κ1) is 12.5. The summed E-state index contributed by atoms with van der Waals surface area (Å²) in [7, 11) is 0. The molecule has 0 saturated heterocycles. The highest BCUT2D eigenvalue weighted by molar-refractivity contribution is 5.73. The maximum atomic E-state index is 10.6. The standard InChI is InChI=1S/C6H8N2O.C2HF3O2/c1-2-7-3-5-4-8-9-6(1)5;3-2(4,5)1(6)7/h4,7H,1-3H2;(H,6,7). The third-order valence-electron chi connectivity index (χ3n) is 1.82. The maximum absolute atomic E-state index is 10.6. The minimum Gasteiger partial charge on any atom is -0.475 e. The predicted octanol–water partition coefficient (Wildman–Crippen LogP) is 0.954. The van der Waals surface area contributed by atoms with E-state index in [1.807, 2.05) is 0 Å². The number of aromatic nitrogens is 1. The molecule has 0 fully saturated rings. The van der Waals surface area contributed by atoms with Crippen molar-refractivity contribution in [2.24, 2.45) is 0 Å². The Morgan fingerprint density at radius 1 is 1.56 bits per heavy atom. The van der Waals surface area contributed by atoms with E-state index >= 15 is 0 Å². The Kier molecular flexibility index (Phi) is 3.88. The molecule has 0 aromatic carbocycles. The molecule has 2 N–H and O–H groups in total. The van der Waals surface area contributed by atoms with Crippen molar-refractivity contribution in [2.75, 3.05) is 6.54 Å². The Hall–Kier alpha value is -1.57. The normalized spacial score (nSPS) is 14.7. The molecular weight excluding hydrogens is 229 g/mol. The summed E-state index contributed by atoms with van der Waals surface area (Å²) < 4.78 is 36.7. The molecule has 90 valence electrons. The molecule has 1 aliphatic heterocycles. The number of rotatable bonds is 0. The number of nitrogens with one attached hydrogen (secondary N) is 1. The summed E-state index contributed by atoms with van der Waals surface area (Å²) in [6.45, 7) is 1.93. The van der Waals surface area contributed by atoms with E-state index in [4.69, 9.17) is 14.4 Å². The van der Waals surface area contributed by atoms with Gasteiger partial charge in [-0.3, -0.25) is 0 Å². The zero-order valence-corrected chi connectivity index (χ0v) is 8.04. The van der Waals surface area contributed by atoms with E-state index in [2.05, 4.69) is 10.5 Å². The quantitative estimate of drug-likeness (QED) is 0.703. The highest BCUT2D eigenvalue weighted by atomic mass is 19.4. The van der Waals surface area contributed by atoms with E-state index in [9.17, 15) is 13.2 Å². The van der Waals surface area contributed by atoms with Crippen LogP contribution in [0.25, 0.3) is 0 Å². The SMILES string of the molecule is O=C(O)C(F)(F)F.c1noc2c1CNCC2. The van der Waals surface area contributed by atoms with Gasteiger partial charge < -0.3 is 14.9 Å². The summed E-state index contributed by atoms with van der Waals surface area (Å²) in [5, 5.41) is 14.0. The van der Waals surface area contributed by atoms with Gasteiger partial charge >= 0.3 is 12.1 Å². The van der Waals surface area contributed by atoms with E-state index in [0.717, 1.165) is 25.3 Å². The van der Waals surface area contributed by atoms with Crippen molar-refractivity contribution in [3.05, 3.63) is 17.5 Å². The summed E-state index contributed by atoms with van der Waals surface area (Å²) in [6, 6.07) is 0. The number of fused-ring (bicyclic) bond motifs is 1. The van der Waals surface area contributed by atoms with Gasteiger partial charge in [0.25, 0.3) is 0 Å². The number of carbonyl (C=O) groups is 1. The number of halogens is 3. The monoisotopic (exact) mass is 238 g/mol. The van der Waals surface area contributed by atoms with Crippen molar-refractivity contribution in [3.8, 4) is 0 Å². The lowest BCUT2D eigenvalue weighted by Gasteiger charge is -2.08. The number of nitrogens with zero attached hydrogens (tertiary/aromatic N) is 1. The van der Waals surface area contributed by atoms with Crippen LogP contribution in [0.3, 0.4) is 0 Å². The summed E-state index contributed by atoms with van der Waals surface area (Å²) >= 11 is 0. The fraction of sp³-hybridized carbons (Fsp3) is 0.500. The molecule has 0 radical (unpaired) electrons. The van der Waals surface area contributed by atoms with Crippen molar-refractivity contribution in [3.63, 3.8) is 0 Å². The van der Waals surface area contributed by atoms with E-state index in [-0.39, 0.29) is 0 Å². The van der Waals surface area contributed by atoms with Gasteiger partial charge in [-0.2, -0.15) is 13.2 Å². The van der Waals surface area contributed by atoms with Gasteiger partial charge in [-0.15, -0.1) is 0 Å². The van der Waals surface area contributed by atoms with Crippen LogP contribution in [0, 0.1) is 0 Å². The Labute approximate surface area is 88.2 Å². The van der Waals surface area contributed by atoms with Gasteiger partial charge in [0, 0.05) is 25.1 Å². The van der Waals surface area contributed by atoms with Crippen molar-refractivity contribution in [1.82, 2.24) is 10.5 Å². The van der Waals surface area contributed by atoms with Crippen LogP contribution in [0.4, 0.5) is 13.2 Å². The molecule has 8 heteroatoms. The van der Waals surface area contributed by atoms with Crippen molar-refractivity contribution in [1.29, 1.82) is 0 Å². The lowest BCUT2D eigenvalue weighted by Crippen LogP contribution is -2.22. The smallest absolute Gasteiger partial charge is 0.475 e. The van der Waals surface area contributed by atoms with E-state index in [0.29, 0.717) is 0 Å². The molecule has 0 aliphatic carbocycles. The molecule has 16 heavy (non-hydrogen) atoms. The number of aliphatic carboxylic acids is 1. The van der Waals surface area contributed by atoms with Gasteiger partial charge in [0.2, 0.25) is 0 Å². The second-order valence-electron chi connectivity index (χ2n) is 3.00. The van der Waals surface area contributed by atoms with Crippen LogP contribution in [0.2, 0.25) is 0 Å². The van der Waals surface area contributed by atoms with E-state index in [1.54, 1.807) is 6.20 Å². The highest BCUT2D eigenvalue weighted by Crippen LogP contribution is 2.13. The van der Waals surface area contributed by atoms with E-state index in [1.165, 1.54) is 5.56 Å². The molecule has 5 nitrogen and oxygen atoms in total. The van der Waals surface area contributed by atoms with Crippen molar-refractivity contribution < 1.29 is 27.6 Å². The molecule has 1 aliphatic rings. The number of carboxylic acids is 1. The van der Waals surface area contributed by atoms with Crippen LogP contribution >= 0.6 is 0 Å². The van der Waals surface area contributed by atoms with Crippen LogP contribution in [0.5, 0.6) is 0 Å². The summed E-state index contributed by atoms with van der Waals surface area (Å²) in [5.74, 6) is -1.71. The van der Waals surface area contributed by atoms with Gasteiger partial charge in [-0.25, -0.2) is 4.79 Å². The molecule has 0 spiro atoms. The minimum absolute atomic E-state index is 0.916. The average Bonchev–Trinajstić information content (AvgIpc) is 2.64. The second kappa shape index (κ2) is 4.97. The predicted molar refractivity (Wildman–Crippen MR) is 45.6 cm³/mol. The Balaban J connectivity index is 0.000000168. The molecule has 1 aromatic heterocycles. The fourth-order valence-corrected chi connectivity index (χ4v) is 1.06. The summed E-state index contributed by atoms with van der Waals surface area (Å²) in [4.78, 5) is 8.90. The molecule has 0 bridgehead atoms. The number of hydrogen-bond donors (Lipinski definition) is 2. The molecule has 0 saturated carbocycles. The second-order valence-corrected chi connectivity index (χ2v) is 3.00. The summed E-state index contributed by atoms with van der Waals surface area (Å²) in [5.41, 5.74) is 1.21. The Morgan fingerprint density at radius 3 is 2.69 bits per heavy atom. The molecular formula is C8H9F3N2O3. The van der Waals surface area contributed by atoms with Gasteiger partial charge in [0.05, 0.1) is 6.20 Å². The molecule has 1 aromatic rings. The Morgan fingerprint density at radius 2 is 2.19 bits per heavy atom. The van der Waals surface area contributed by atoms with Gasteiger partial charge in [0.1, 0.15) is 5.76 Å². The van der Waals surface area contributed by atoms with E-state index < -0.39 is 12.1 Å².